The normalized spacial score (nSPS) is 25.8. The second kappa shape index (κ2) is 4.51. The summed E-state index contributed by atoms with van der Waals surface area (Å²) in [5.74, 6) is 0.776. The van der Waals surface area contributed by atoms with Gasteiger partial charge in [0, 0.05) is 22.5 Å². The van der Waals surface area contributed by atoms with E-state index in [1.165, 1.54) is 39.6 Å². The van der Waals surface area contributed by atoms with Crippen molar-refractivity contribution in [2.75, 3.05) is 4.90 Å². The van der Waals surface area contributed by atoms with Gasteiger partial charge in [0.2, 0.25) is 5.91 Å². The van der Waals surface area contributed by atoms with Crippen LogP contribution in [0.25, 0.3) is 0 Å². The zero-order valence-corrected chi connectivity index (χ0v) is 13.0. The molecule has 1 fully saturated rings. The van der Waals surface area contributed by atoms with Crippen LogP contribution in [0.3, 0.4) is 0 Å². The van der Waals surface area contributed by atoms with Gasteiger partial charge in [0.05, 0.1) is 5.69 Å². The summed E-state index contributed by atoms with van der Waals surface area (Å²) in [5.41, 5.74) is 3.93. The fraction of sp³-hybridized carbons (Fsp3) is 0.533. The average molecular weight is 355 g/mol. The molecular weight excluding hydrogens is 337 g/mol. The average Bonchev–Trinajstić information content (AvgIpc) is 2.64. The van der Waals surface area contributed by atoms with Crippen LogP contribution in [0, 0.1) is 10.5 Å². The van der Waals surface area contributed by atoms with Gasteiger partial charge < -0.3 is 4.90 Å². The first-order chi connectivity index (χ1) is 8.59. The molecule has 18 heavy (non-hydrogen) atoms. The Hall–Kier alpha value is -0.580. The zero-order valence-electron chi connectivity index (χ0n) is 10.9. The van der Waals surface area contributed by atoms with Gasteiger partial charge in [-0.05, 0) is 59.5 Å². The number of hydrogen-bond acceptors (Lipinski definition) is 1. The number of benzene rings is 1. The predicted molar refractivity (Wildman–Crippen MR) is 82.1 cm³/mol. The van der Waals surface area contributed by atoms with E-state index in [9.17, 15) is 4.79 Å². The highest BCUT2D eigenvalue weighted by molar-refractivity contribution is 14.1. The molecular formula is C15H18INO. The number of nitrogens with zero attached hydrogens (tertiary/aromatic N) is 1. The van der Waals surface area contributed by atoms with Crippen molar-refractivity contribution < 1.29 is 4.79 Å². The van der Waals surface area contributed by atoms with Crippen LogP contribution in [-0.4, -0.2) is 11.9 Å². The van der Waals surface area contributed by atoms with Gasteiger partial charge in [0.1, 0.15) is 0 Å². The van der Waals surface area contributed by atoms with Crippen LogP contribution in [-0.2, 0) is 4.79 Å². The van der Waals surface area contributed by atoms with E-state index < -0.39 is 0 Å². The van der Waals surface area contributed by atoms with Gasteiger partial charge in [-0.3, -0.25) is 4.79 Å². The van der Waals surface area contributed by atoms with E-state index in [-0.39, 0.29) is 5.91 Å². The van der Waals surface area contributed by atoms with Gasteiger partial charge >= 0.3 is 0 Å². The second-order valence-corrected chi connectivity index (χ2v) is 6.69. The first-order valence-corrected chi connectivity index (χ1v) is 7.77. The molecule has 0 N–H and O–H groups in total. The highest BCUT2D eigenvalue weighted by atomic mass is 127. The van der Waals surface area contributed by atoms with Gasteiger partial charge in [0.15, 0.2) is 0 Å². The third-order valence-corrected chi connectivity index (χ3v) is 5.10. The molecule has 0 aromatic heterocycles. The molecule has 2 aliphatic rings. The highest BCUT2D eigenvalue weighted by Crippen LogP contribution is 2.49. The van der Waals surface area contributed by atoms with Crippen molar-refractivity contribution in [3.63, 3.8) is 0 Å². The molecule has 3 rings (SSSR count). The molecule has 3 heteroatoms. The van der Waals surface area contributed by atoms with Crippen LogP contribution in [0.4, 0.5) is 5.69 Å². The molecule has 1 amide bonds. The minimum atomic E-state index is 0.201. The molecule has 0 radical (unpaired) electrons. The van der Waals surface area contributed by atoms with Crippen molar-refractivity contribution in [1.82, 2.24) is 0 Å². The Balaban J connectivity index is 2.18. The quantitative estimate of drug-likeness (QED) is 0.645. The Morgan fingerprint density at radius 1 is 1.33 bits per heavy atom. The standard InChI is InChI=1S/C15H18INO/c1-9-7-12-11-5-3-4-6-14(11)17(10(2)18)15(12)13(16)8-9/h7-8,11,14H,3-6H2,1-2H3/t11-,14-/m0/s1. The van der Waals surface area contributed by atoms with Crippen LogP contribution in [0.15, 0.2) is 12.1 Å². The van der Waals surface area contributed by atoms with Gasteiger partial charge in [-0.25, -0.2) is 0 Å². The summed E-state index contributed by atoms with van der Waals surface area (Å²) < 4.78 is 1.23. The molecule has 1 aromatic rings. The molecule has 0 saturated heterocycles. The molecule has 1 saturated carbocycles. The number of aryl methyl sites for hydroxylation is 1. The molecule has 2 atom stereocenters. The number of fused-ring (bicyclic) bond motifs is 3. The smallest absolute Gasteiger partial charge is 0.224 e. The summed E-state index contributed by atoms with van der Waals surface area (Å²) in [7, 11) is 0. The van der Waals surface area contributed by atoms with Crippen molar-refractivity contribution in [2.45, 2.75) is 51.5 Å². The maximum absolute atomic E-state index is 12.0. The third kappa shape index (κ3) is 1.78. The fourth-order valence-corrected chi connectivity index (χ4v) is 4.70. The zero-order chi connectivity index (χ0) is 12.9. The lowest BCUT2D eigenvalue weighted by Crippen LogP contribution is -2.39. The number of carbonyl (C=O) groups is 1. The Labute approximate surface area is 122 Å². The van der Waals surface area contributed by atoms with Crippen LogP contribution in [0.2, 0.25) is 0 Å². The number of rotatable bonds is 0. The number of amides is 1. The maximum atomic E-state index is 12.0. The third-order valence-electron chi connectivity index (χ3n) is 4.28. The van der Waals surface area contributed by atoms with Crippen molar-refractivity contribution >= 4 is 34.2 Å². The molecule has 1 aliphatic carbocycles. The van der Waals surface area contributed by atoms with Gasteiger partial charge in [0.25, 0.3) is 0 Å². The lowest BCUT2D eigenvalue weighted by Gasteiger charge is -2.31. The number of hydrogen-bond donors (Lipinski definition) is 0. The summed E-state index contributed by atoms with van der Waals surface area (Å²) in [5, 5.41) is 0. The van der Waals surface area contributed by atoms with E-state index in [1.54, 1.807) is 6.92 Å². The van der Waals surface area contributed by atoms with Gasteiger partial charge in [-0.1, -0.05) is 18.9 Å². The monoisotopic (exact) mass is 355 g/mol. The molecule has 0 bridgehead atoms. The SMILES string of the molecule is CC(=O)N1c2c(I)cc(C)cc2[C@@H]2CCCC[C@@H]21. The van der Waals surface area contributed by atoms with Gasteiger partial charge in [-0.2, -0.15) is 0 Å². The predicted octanol–water partition coefficient (Wildman–Crippen LogP) is 3.99. The first kappa shape index (κ1) is 12.5. The summed E-state index contributed by atoms with van der Waals surface area (Å²) in [4.78, 5) is 14.1. The summed E-state index contributed by atoms with van der Waals surface area (Å²) in [6.07, 6.45) is 4.96. The molecule has 0 spiro atoms. The fourth-order valence-electron chi connectivity index (χ4n) is 3.64. The molecule has 1 aromatic carbocycles. The summed E-state index contributed by atoms with van der Waals surface area (Å²) in [6.45, 7) is 3.85. The minimum Gasteiger partial charge on any atom is -0.308 e. The van der Waals surface area contributed by atoms with Crippen molar-refractivity contribution in [3.05, 3.63) is 26.8 Å². The first-order valence-electron chi connectivity index (χ1n) is 6.69. The van der Waals surface area contributed by atoms with Crippen LogP contribution in [0.5, 0.6) is 0 Å². The maximum Gasteiger partial charge on any atom is 0.224 e. The summed E-state index contributed by atoms with van der Waals surface area (Å²) in [6, 6.07) is 4.90. The Morgan fingerprint density at radius 3 is 2.78 bits per heavy atom. The van der Waals surface area contributed by atoms with Crippen LogP contribution in [0.1, 0.15) is 49.7 Å². The Kier molecular flexibility index (Phi) is 3.12. The van der Waals surface area contributed by atoms with E-state index in [0.29, 0.717) is 12.0 Å². The van der Waals surface area contributed by atoms with Crippen molar-refractivity contribution in [3.8, 4) is 0 Å². The largest absolute Gasteiger partial charge is 0.308 e. The molecule has 1 heterocycles. The molecule has 1 aliphatic heterocycles. The van der Waals surface area contributed by atoms with E-state index in [4.69, 9.17) is 0 Å². The van der Waals surface area contributed by atoms with Crippen LogP contribution >= 0.6 is 22.6 Å². The number of carbonyl (C=O) groups excluding carboxylic acids is 1. The molecule has 0 unspecified atom stereocenters. The van der Waals surface area contributed by atoms with E-state index in [0.717, 1.165) is 6.42 Å². The lowest BCUT2D eigenvalue weighted by molar-refractivity contribution is -0.117. The summed E-state index contributed by atoms with van der Waals surface area (Å²) >= 11 is 2.38. The number of anilines is 1. The lowest BCUT2D eigenvalue weighted by atomic mass is 9.82. The van der Waals surface area contributed by atoms with E-state index in [1.807, 2.05) is 0 Å². The van der Waals surface area contributed by atoms with E-state index in [2.05, 4.69) is 46.5 Å². The topological polar surface area (TPSA) is 20.3 Å². The minimum absolute atomic E-state index is 0.201. The second-order valence-electron chi connectivity index (χ2n) is 5.53. The molecule has 2 nitrogen and oxygen atoms in total. The highest BCUT2D eigenvalue weighted by Gasteiger charge is 2.42. The molecule has 96 valence electrons. The van der Waals surface area contributed by atoms with Gasteiger partial charge in [-0.15, -0.1) is 0 Å². The Morgan fingerprint density at radius 2 is 2.06 bits per heavy atom. The van der Waals surface area contributed by atoms with Crippen molar-refractivity contribution in [2.24, 2.45) is 0 Å². The Bertz CT molecular complexity index is 511. The van der Waals surface area contributed by atoms with Crippen molar-refractivity contribution in [1.29, 1.82) is 0 Å². The van der Waals surface area contributed by atoms with E-state index >= 15 is 0 Å². The number of halogens is 1. The van der Waals surface area contributed by atoms with Crippen LogP contribution < -0.4 is 4.90 Å².